The zero-order valence-electron chi connectivity index (χ0n) is 7.89. The second-order valence-electron chi connectivity index (χ2n) is 4.06. The normalized spacial score (nSPS) is 34.7. The number of nitrogens with zero attached hydrogens (tertiary/aromatic N) is 2. The van der Waals surface area contributed by atoms with Gasteiger partial charge in [-0.3, -0.25) is 0 Å². The van der Waals surface area contributed by atoms with E-state index in [9.17, 15) is 0 Å². The van der Waals surface area contributed by atoms with E-state index in [4.69, 9.17) is 4.74 Å². The summed E-state index contributed by atoms with van der Waals surface area (Å²) in [5.74, 6) is 2.01. The van der Waals surface area contributed by atoms with Gasteiger partial charge < -0.3 is 10.1 Å². The Labute approximate surface area is 82.7 Å². The Balaban J connectivity index is 1.68. The van der Waals surface area contributed by atoms with Gasteiger partial charge >= 0.3 is 0 Å². The summed E-state index contributed by atoms with van der Waals surface area (Å²) in [6.45, 7) is 2.17. The minimum absolute atomic E-state index is 0.368. The van der Waals surface area contributed by atoms with Crippen molar-refractivity contribution in [3.8, 4) is 5.88 Å². The molecule has 3 rings (SSSR count). The first kappa shape index (κ1) is 8.17. The van der Waals surface area contributed by atoms with E-state index in [1.165, 1.54) is 6.42 Å². The molecule has 1 aliphatic carbocycles. The number of ether oxygens (including phenoxy) is 1. The third-order valence-corrected chi connectivity index (χ3v) is 3.15. The van der Waals surface area contributed by atoms with E-state index in [2.05, 4.69) is 15.5 Å². The molecule has 0 amide bonds. The Morgan fingerprint density at radius 3 is 2.86 bits per heavy atom. The van der Waals surface area contributed by atoms with Gasteiger partial charge in [0, 0.05) is 37.2 Å². The summed E-state index contributed by atoms with van der Waals surface area (Å²) in [4.78, 5) is 0. The fraction of sp³-hybridized carbons (Fsp3) is 0.600. The van der Waals surface area contributed by atoms with Crippen molar-refractivity contribution in [2.45, 2.75) is 12.5 Å². The first-order valence-electron chi connectivity index (χ1n) is 5.08. The van der Waals surface area contributed by atoms with Crippen LogP contribution in [0.15, 0.2) is 18.3 Å². The van der Waals surface area contributed by atoms with Gasteiger partial charge in [0.15, 0.2) is 0 Å². The van der Waals surface area contributed by atoms with Crippen molar-refractivity contribution in [3.63, 3.8) is 0 Å². The third-order valence-electron chi connectivity index (χ3n) is 3.15. The third kappa shape index (κ3) is 1.26. The molecule has 1 aromatic heterocycles. The number of aromatic nitrogens is 2. The number of piperidine rings is 2. The second-order valence-corrected chi connectivity index (χ2v) is 4.06. The van der Waals surface area contributed by atoms with Gasteiger partial charge in [-0.15, -0.1) is 5.10 Å². The number of fused-ring (bicyclic) bond motifs is 2. The predicted octanol–water partition coefficient (Wildman–Crippen LogP) is 0.463. The van der Waals surface area contributed by atoms with Crippen LogP contribution in [0.1, 0.15) is 6.42 Å². The van der Waals surface area contributed by atoms with Crippen molar-refractivity contribution >= 4 is 0 Å². The fourth-order valence-corrected chi connectivity index (χ4v) is 2.38. The molecule has 74 valence electrons. The SMILES string of the molecule is c1cnnc(OC2[C@@H]3CNC[C@H]2C3)c1. The van der Waals surface area contributed by atoms with Crippen molar-refractivity contribution in [1.29, 1.82) is 0 Å². The highest BCUT2D eigenvalue weighted by Crippen LogP contribution is 2.38. The van der Waals surface area contributed by atoms with Crippen LogP contribution in [0.4, 0.5) is 0 Å². The maximum Gasteiger partial charge on any atom is 0.233 e. The molecule has 0 radical (unpaired) electrons. The number of hydrogen-bond acceptors (Lipinski definition) is 4. The molecule has 2 bridgehead atoms. The molecule has 1 saturated carbocycles. The molecule has 2 fully saturated rings. The van der Waals surface area contributed by atoms with E-state index in [0.29, 0.717) is 23.8 Å². The lowest BCUT2D eigenvalue weighted by atomic mass is 9.69. The zero-order chi connectivity index (χ0) is 9.38. The number of hydrogen-bond donors (Lipinski definition) is 1. The van der Waals surface area contributed by atoms with E-state index in [-0.39, 0.29) is 0 Å². The summed E-state index contributed by atoms with van der Waals surface area (Å²) in [7, 11) is 0. The van der Waals surface area contributed by atoms with Crippen LogP contribution in [-0.4, -0.2) is 29.4 Å². The smallest absolute Gasteiger partial charge is 0.233 e. The van der Waals surface area contributed by atoms with Crippen LogP contribution < -0.4 is 10.1 Å². The molecule has 1 N–H and O–H groups in total. The Bertz CT molecular complexity index is 302. The Morgan fingerprint density at radius 2 is 2.21 bits per heavy atom. The summed E-state index contributed by atoms with van der Waals surface area (Å²) >= 11 is 0. The predicted molar refractivity (Wildman–Crippen MR) is 50.9 cm³/mol. The molecule has 1 aliphatic heterocycles. The van der Waals surface area contributed by atoms with Gasteiger partial charge in [-0.25, -0.2) is 0 Å². The van der Waals surface area contributed by atoms with E-state index < -0.39 is 0 Å². The van der Waals surface area contributed by atoms with Crippen molar-refractivity contribution in [1.82, 2.24) is 15.5 Å². The fourth-order valence-electron chi connectivity index (χ4n) is 2.38. The molecule has 1 unspecified atom stereocenters. The lowest BCUT2D eigenvalue weighted by Gasteiger charge is -2.48. The van der Waals surface area contributed by atoms with E-state index in [1.54, 1.807) is 6.20 Å². The van der Waals surface area contributed by atoms with Crippen LogP contribution in [0.2, 0.25) is 0 Å². The quantitative estimate of drug-likeness (QED) is 0.738. The first-order valence-corrected chi connectivity index (χ1v) is 5.08. The molecule has 2 aliphatic rings. The molecular formula is C10H13N3O. The summed E-state index contributed by atoms with van der Waals surface area (Å²) < 4.78 is 5.80. The molecule has 1 saturated heterocycles. The van der Waals surface area contributed by atoms with Crippen LogP contribution in [0.25, 0.3) is 0 Å². The maximum atomic E-state index is 5.80. The Hall–Kier alpha value is -1.16. The van der Waals surface area contributed by atoms with Gasteiger partial charge in [-0.05, 0) is 12.5 Å². The van der Waals surface area contributed by atoms with Crippen LogP contribution in [-0.2, 0) is 0 Å². The lowest BCUT2D eigenvalue weighted by molar-refractivity contribution is -0.0474. The summed E-state index contributed by atoms with van der Waals surface area (Å²) in [6.07, 6.45) is 3.33. The van der Waals surface area contributed by atoms with Gasteiger partial charge in [-0.1, -0.05) is 0 Å². The number of rotatable bonds is 2. The summed E-state index contributed by atoms with van der Waals surface area (Å²) in [5, 5.41) is 11.1. The molecule has 1 aromatic rings. The molecule has 0 spiro atoms. The molecule has 4 nitrogen and oxygen atoms in total. The largest absolute Gasteiger partial charge is 0.473 e. The van der Waals surface area contributed by atoms with Crippen LogP contribution >= 0.6 is 0 Å². The van der Waals surface area contributed by atoms with Gasteiger partial charge in [0.25, 0.3) is 0 Å². The van der Waals surface area contributed by atoms with Gasteiger partial charge in [0.05, 0.1) is 0 Å². The molecule has 0 aromatic carbocycles. The van der Waals surface area contributed by atoms with E-state index in [1.807, 2.05) is 12.1 Å². The van der Waals surface area contributed by atoms with Crippen molar-refractivity contribution < 1.29 is 4.74 Å². The molecular weight excluding hydrogens is 178 g/mol. The number of nitrogens with one attached hydrogen (secondary N) is 1. The Kier molecular flexibility index (Phi) is 1.87. The Morgan fingerprint density at radius 1 is 1.36 bits per heavy atom. The van der Waals surface area contributed by atoms with Gasteiger partial charge in [0.1, 0.15) is 6.10 Å². The summed E-state index contributed by atoms with van der Waals surface area (Å²) in [6, 6.07) is 3.73. The molecule has 4 heteroatoms. The topological polar surface area (TPSA) is 47.0 Å². The lowest BCUT2D eigenvalue weighted by Crippen LogP contribution is -2.59. The monoisotopic (exact) mass is 191 g/mol. The van der Waals surface area contributed by atoms with Gasteiger partial charge in [0.2, 0.25) is 5.88 Å². The van der Waals surface area contributed by atoms with Crippen LogP contribution in [0.3, 0.4) is 0 Å². The standard InChI is InChI=1S/C10H13N3O/c1-2-9(13-12-3-1)14-10-7-4-8(10)6-11-5-7/h1-3,7-8,10-11H,4-6H2/t7-,8+,10?. The molecule has 2 heterocycles. The highest BCUT2D eigenvalue weighted by Gasteiger charge is 2.45. The average molecular weight is 191 g/mol. The summed E-state index contributed by atoms with van der Waals surface area (Å²) in [5.41, 5.74) is 0. The van der Waals surface area contributed by atoms with Crippen LogP contribution in [0.5, 0.6) is 5.88 Å². The first-order chi connectivity index (χ1) is 6.93. The van der Waals surface area contributed by atoms with Crippen molar-refractivity contribution in [3.05, 3.63) is 18.3 Å². The minimum Gasteiger partial charge on any atom is -0.473 e. The van der Waals surface area contributed by atoms with Crippen LogP contribution in [0, 0.1) is 11.8 Å². The van der Waals surface area contributed by atoms with Crippen molar-refractivity contribution in [2.24, 2.45) is 11.8 Å². The van der Waals surface area contributed by atoms with E-state index in [0.717, 1.165) is 13.1 Å². The minimum atomic E-state index is 0.368. The highest BCUT2D eigenvalue weighted by molar-refractivity contribution is 5.09. The molecule has 3 atom stereocenters. The van der Waals surface area contributed by atoms with Gasteiger partial charge in [-0.2, -0.15) is 5.10 Å². The second kappa shape index (κ2) is 3.20. The zero-order valence-corrected chi connectivity index (χ0v) is 7.89. The van der Waals surface area contributed by atoms with E-state index >= 15 is 0 Å². The van der Waals surface area contributed by atoms with Crippen molar-refractivity contribution in [2.75, 3.05) is 13.1 Å². The molecule has 14 heavy (non-hydrogen) atoms. The maximum absolute atomic E-state index is 5.80. The highest BCUT2D eigenvalue weighted by atomic mass is 16.5. The average Bonchev–Trinajstić information content (AvgIpc) is 2.28.